The molecular formula is C18H24N2O4. The number of nitrogens with zero attached hydrogens (tertiary/aromatic N) is 2. The molecule has 0 aromatic heterocycles. The maximum atomic E-state index is 12.7. The average Bonchev–Trinajstić information content (AvgIpc) is 2.93. The molecule has 1 saturated heterocycles. The number of ether oxygens (including phenoxy) is 2. The van der Waals surface area contributed by atoms with Gasteiger partial charge in [-0.15, -0.1) is 0 Å². The summed E-state index contributed by atoms with van der Waals surface area (Å²) >= 11 is 0. The van der Waals surface area contributed by atoms with Crippen LogP contribution in [0.25, 0.3) is 0 Å². The van der Waals surface area contributed by atoms with Crippen LogP contribution < -0.4 is 9.47 Å². The normalized spacial score (nSPS) is 16.9. The van der Waals surface area contributed by atoms with Crippen molar-refractivity contribution < 1.29 is 19.1 Å². The summed E-state index contributed by atoms with van der Waals surface area (Å²) in [4.78, 5) is 28.6. The van der Waals surface area contributed by atoms with Crippen molar-refractivity contribution in [2.45, 2.75) is 32.6 Å². The number of rotatable bonds is 4. The van der Waals surface area contributed by atoms with Crippen LogP contribution in [-0.2, 0) is 4.79 Å². The lowest BCUT2D eigenvalue weighted by Gasteiger charge is -2.22. The minimum atomic E-state index is -0.0174. The third-order valence-corrected chi connectivity index (χ3v) is 4.50. The fourth-order valence-electron chi connectivity index (χ4n) is 3.07. The van der Waals surface area contributed by atoms with Crippen LogP contribution in [0.1, 0.15) is 43.0 Å². The highest BCUT2D eigenvalue weighted by Crippen LogP contribution is 2.32. The molecule has 0 saturated carbocycles. The number of benzene rings is 1. The largest absolute Gasteiger partial charge is 0.454 e. The Hall–Kier alpha value is -2.24. The molecule has 24 heavy (non-hydrogen) atoms. The molecule has 0 aliphatic carbocycles. The van der Waals surface area contributed by atoms with E-state index in [1.54, 1.807) is 18.2 Å². The predicted molar refractivity (Wildman–Crippen MR) is 89.2 cm³/mol. The molecule has 2 aliphatic heterocycles. The van der Waals surface area contributed by atoms with Crippen molar-refractivity contribution in [1.82, 2.24) is 9.80 Å². The van der Waals surface area contributed by atoms with Crippen LogP contribution in [0.15, 0.2) is 18.2 Å². The molecular weight excluding hydrogens is 308 g/mol. The topological polar surface area (TPSA) is 59.1 Å². The zero-order valence-corrected chi connectivity index (χ0v) is 14.1. The lowest BCUT2D eigenvalue weighted by Crippen LogP contribution is -2.37. The molecule has 2 heterocycles. The fraction of sp³-hybridized carbons (Fsp3) is 0.556. The quantitative estimate of drug-likeness (QED) is 0.849. The van der Waals surface area contributed by atoms with Gasteiger partial charge in [0.15, 0.2) is 11.5 Å². The number of fused-ring (bicyclic) bond motifs is 1. The Kier molecular flexibility index (Phi) is 5.23. The van der Waals surface area contributed by atoms with Crippen LogP contribution in [0.4, 0.5) is 0 Å². The van der Waals surface area contributed by atoms with E-state index < -0.39 is 0 Å². The summed E-state index contributed by atoms with van der Waals surface area (Å²) in [5.41, 5.74) is 0.602. The monoisotopic (exact) mass is 332 g/mol. The van der Waals surface area contributed by atoms with Gasteiger partial charge in [-0.05, 0) is 31.0 Å². The minimum absolute atomic E-state index is 0.0174. The van der Waals surface area contributed by atoms with E-state index in [4.69, 9.17) is 9.47 Å². The van der Waals surface area contributed by atoms with E-state index in [1.807, 2.05) is 9.80 Å². The number of hydrogen-bond donors (Lipinski definition) is 0. The smallest absolute Gasteiger partial charge is 0.254 e. The third-order valence-electron chi connectivity index (χ3n) is 4.50. The second-order valence-electron chi connectivity index (χ2n) is 6.20. The lowest BCUT2D eigenvalue weighted by molar-refractivity contribution is -0.131. The van der Waals surface area contributed by atoms with Crippen LogP contribution in [0.2, 0.25) is 0 Å². The number of unbranched alkanes of at least 4 members (excludes halogenated alkanes) is 1. The molecule has 130 valence electrons. The molecule has 0 unspecified atom stereocenters. The minimum Gasteiger partial charge on any atom is -0.454 e. The SMILES string of the molecule is CCCCC(=O)N1CCCN(C(=O)c2ccc3c(c2)OCO3)CC1. The number of carbonyl (C=O) groups is 2. The third kappa shape index (κ3) is 3.63. The first kappa shape index (κ1) is 16.6. The molecule has 0 N–H and O–H groups in total. The first-order chi connectivity index (χ1) is 11.7. The molecule has 2 amide bonds. The van der Waals surface area contributed by atoms with Crippen molar-refractivity contribution >= 4 is 11.8 Å². The van der Waals surface area contributed by atoms with E-state index in [-0.39, 0.29) is 18.6 Å². The lowest BCUT2D eigenvalue weighted by atomic mass is 10.1. The number of amides is 2. The fourth-order valence-corrected chi connectivity index (χ4v) is 3.07. The molecule has 6 nitrogen and oxygen atoms in total. The van der Waals surface area contributed by atoms with E-state index in [1.165, 1.54) is 0 Å². The van der Waals surface area contributed by atoms with Crippen molar-refractivity contribution in [3.63, 3.8) is 0 Å². The van der Waals surface area contributed by atoms with Crippen molar-refractivity contribution in [3.8, 4) is 11.5 Å². The van der Waals surface area contributed by atoms with Crippen molar-refractivity contribution in [3.05, 3.63) is 23.8 Å². The highest BCUT2D eigenvalue weighted by molar-refractivity contribution is 5.95. The van der Waals surface area contributed by atoms with E-state index >= 15 is 0 Å². The van der Waals surface area contributed by atoms with Gasteiger partial charge in [-0.1, -0.05) is 13.3 Å². The predicted octanol–water partition coefficient (Wildman–Crippen LogP) is 2.28. The van der Waals surface area contributed by atoms with Crippen molar-refractivity contribution in [2.24, 2.45) is 0 Å². The van der Waals surface area contributed by atoms with Gasteiger partial charge in [0.1, 0.15) is 0 Å². The summed E-state index contributed by atoms with van der Waals surface area (Å²) in [6.45, 7) is 4.87. The van der Waals surface area contributed by atoms with Gasteiger partial charge in [-0.2, -0.15) is 0 Å². The second-order valence-corrected chi connectivity index (χ2v) is 6.20. The van der Waals surface area contributed by atoms with Gasteiger partial charge in [0.05, 0.1) is 0 Å². The summed E-state index contributed by atoms with van der Waals surface area (Å²) in [5, 5.41) is 0. The maximum absolute atomic E-state index is 12.7. The summed E-state index contributed by atoms with van der Waals surface area (Å²) in [6.07, 6.45) is 3.37. The molecule has 0 spiro atoms. The van der Waals surface area contributed by atoms with E-state index in [9.17, 15) is 9.59 Å². The molecule has 0 bridgehead atoms. The van der Waals surface area contributed by atoms with Gasteiger partial charge < -0.3 is 19.3 Å². The summed E-state index contributed by atoms with van der Waals surface area (Å²) in [5.74, 6) is 1.48. The zero-order valence-electron chi connectivity index (χ0n) is 14.1. The van der Waals surface area contributed by atoms with Crippen LogP contribution >= 0.6 is 0 Å². The Morgan fingerprint density at radius 2 is 1.79 bits per heavy atom. The maximum Gasteiger partial charge on any atom is 0.254 e. The second kappa shape index (κ2) is 7.55. The molecule has 2 aliphatic rings. The summed E-state index contributed by atoms with van der Waals surface area (Å²) in [7, 11) is 0. The molecule has 1 fully saturated rings. The van der Waals surface area contributed by atoms with Gasteiger partial charge in [0, 0.05) is 38.2 Å². The van der Waals surface area contributed by atoms with E-state index in [2.05, 4.69) is 6.92 Å². The van der Waals surface area contributed by atoms with Gasteiger partial charge >= 0.3 is 0 Å². The van der Waals surface area contributed by atoms with Crippen LogP contribution in [0.5, 0.6) is 11.5 Å². The Balaban J connectivity index is 1.61. The number of hydrogen-bond acceptors (Lipinski definition) is 4. The molecule has 0 atom stereocenters. The molecule has 1 aromatic carbocycles. The number of carbonyl (C=O) groups excluding carboxylic acids is 2. The van der Waals surface area contributed by atoms with Crippen LogP contribution in [-0.4, -0.2) is 54.6 Å². The molecule has 1 aromatic rings. The molecule has 6 heteroatoms. The van der Waals surface area contributed by atoms with Gasteiger partial charge in [-0.25, -0.2) is 0 Å². The standard InChI is InChI=1S/C18H24N2O4/c1-2-3-5-17(21)19-8-4-9-20(11-10-19)18(22)14-6-7-15-16(12-14)24-13-23-15/h6-7,12H,2-5,8-11,13H2,1H3. The van der Waals surface area contributed by atoms with Crippen LogP contribution in [0.3, 0.4) is 0 Å². The Morgan fingerprint density at radius 3 is 2.62 bits per heavy atom. The van der Waals surface area contributed by atoms with Gasteiger partial charge in [0.25, 0.3) is 5.91 Å². The van der Waals surface area contributed by atoms with E-state index in [0.29, 0.717) is 43.1 Å². The summed E-state index contributed by atoms with van der Waals surface area (Å²) in [6, 6.07) is 5.28. The van der Waals surface area contributed by atoms with Gasteiger partial charge in [-0.3, -0.25) is 9.59 Å². The Bertz CT molecular complexity index is 617. The highest BCUT2D eigenvalue weighted by atomic mass is 16.7. The van der Waals surface area contributed by atoms with Crippen molar-refractivity contribution in [2.75, 3.05) is 33.0 Å². The zero-order chi connectivity index (χ0) is 16.9. The Morgan fingerprint density at radius 1 is 1.04 bits per heavy atom. The summed E-state index contributed by atoms with van der Waals surface area (Å²) < 4.78 is 10.6. The highest BCUT2D eigenvalue weighted by Gasteiger charge is 2.24. The van der Waals surface area contributed by atoms with Crippen LogP contribution in [0, 0.1) is 0 Å². The average molecular weight is 332 g/mol. The first-order valence-corrected chi connectivity index (χ1v) is 8.65. The van der Waals surface area contributed by atoms with E-state index in [0.717, 1.165) is 25.8 Å². The van der Waals surface area contributed by atoms with Crippen molar-refractivity contribution in [1.29, 1.82) is 0 Å². The molecule has 3 rings (SSSR count). The van der Waals surface area contributed by atoms with Gasteiger partial charge in [0.2, 0.25) is 12.7 Å². The Labute approximate surface area is 142 Å². The first-order valence-electron chi connectivity index (χ1n) is 8.65. The molecule has 0 radical (unpaired) electrons.